The first kappa shape index (κ1) is 7.07. The molecule has 1 aromatic rings. The molecule has 1 saturated heterocycles. The molecular weight excluding hydrogens is 160 g/mol. The summed E-state index contributed by atoms with van der Waals surface area (Å²) in [6.45, 7) is 2.02. The molecule has 0 aromatic carbocycles. The fraction of sp³-hybridized carbons (Fsp3) is 0.375. The maximum absolute atomic E-state index is 5.94. The first-order chi connectivity index (χ1) is 5.38. The molecule has 0 bridgehead atoms. The molecular formula is C8H9ClN2. The van der Waals surface area contributed by atoms with Crippen molar-refractivity contribution in [2.45, 2.75) is 5.92 Å². The van der Waals surface area contributed by atoms with Crippen LogP contribution < -0.4 is 5.32 Å². The van der Waals surface area contributed by atoms with E-state index in [1.807, 2.05) is 12.1 Å². The SMILES string of the molecule is Clc1cccnc1C1CNC1. The summed E-state index contributed by atoms with van der Waals surface area (Å²) in [7, 11) is 0. The normalized spacial score (nSPS) is 17.9. The second-order valence-corrected chi connectivity index (χ2v) is 3.13. The molecule has 0 aliphatic carbocycles. The summed E-state index contributed by atoms with van der Waals surface area (Å²) in [5, 5.41) is 3.98. The minimum Gasteiger partial charge on any atom is -0.315 e. The highest BCUT2D eigenvalue weighted by molar-refractivity contribution is 6.31. The van der Waals surface area contributed by atoms with Crippen LogP contribution in [0.15, 0.2) is 18.3 Å². The maximum atomic E-state index is 5.94. The molecule has 2 heterocycles. The summed E-state index contributed by atoms with van der Waals surface area (Å²) in [6.07, 6.45) is 1.79. The first-order valence-electron chi connectivity index (χ1n) is 3.69. The van der Waals surface area contributed by atoms with Crippen molar-refractivity contribution in [1.29, 1.82) is 0 Å². The molecule has 1 N–H and O–H groups in total. The Kier molecular flexibility index (Phi) is 1.80. The predicted molar refractivity (Wildman–Crippen MR) is 44.9 cm³/mol. The number of pyridine rings is 1. The van der Waals surface area contributed by atoms with Gasteiger partial charge in [0.05, 0.1) is 10.7 Å². The monoisotopic (exact) mass is 168 g/mol. The Labute approximate surface area is 70.6 Å². The molecule has 3 heteroatoms. The van der Waals surface area contributed by atoms with Gasteiger partial charge < -0.3 is 5.32 Å². The summed E-state index contributed by atoms with van der Waals surface area (Å²) in [4.78, 5) is 4.23. The van der Waals surface area contributed by atoms with Gasteiger partial charge in [0.1, 0.15) is 0 Å². The fourth-order valence-electron chi connectivity index (χ4n) is 1.18. The number of rotatable bonds is 1. The lowest BCUT2D eigenvalue weighted by atomic mass is 9.99. The molecule has 0 atom stereocenters. The fourth-order valence-corrected chi connectivity index (χ4v) is 1.46. The van der Waals surface area contributed by atoms with Crippen LogP contribution in [0.5, 0.6) is 0 Å². The van der Waals surface area contributed by atoms with Crippen LogP contribution in [0.1, 0.15) is 11.6 Å². The zero-order chi connectivity index (χ0) is 7.68. The van der Waals surface area contributed by atoms with Gasteiger partial charge in [-0.2, -0.15) is 0 Å². The van der Waals surface area contributed by atoms with Crippen molar-refractivity contribution in [3.63, 3.8) is 0 Å². The zero-order valence-electron chi connectivity index (χ0n) is 6.05. The van der Waals surface area contributed by atoms with Crippen LogP contribution in [0.2, 0.25) is 5.02 Å². The Balaban J connectivity index is 2.28. The molecule has 1 aliphatic rings. The Bertz CT molecular complexity index is 258. The molecule has 0 unspecified atom stereocenters. The molecule has 0 amide bonds. The minimum atomic E-state index is 0.531. The van der Waals surface area contributed by atoms with E-state index in [-0.39, 0.29) is 0 Å². The number of nitrogens with zero attached hydrogens (tertiary/aromatic N) is 1. The van der Waals surface area contributed by atoms with Crippen molar-refractivity contribution in [2.24, 2.45) is 0 Å². The average molecular weight is 169 g/mol. The Morgan fingerprint density at radius 2 is 2.36 bits per heavy atom. The third kappa shape index (κ3) is 1.24. The van der Waals surface area contributed by atoms with Crippen LogP contribution in [0, 0.1) is 0 Å². The number of halogens is 1. The summed E-state index contributed by atoms with van der Waals surface area (Å²) < 4.78 is 0. The van der Waals surface area contributed by atoms with Crippen molar-refractivity contribution in [2.75, 3.05) is 13.1 Å². The summed E-state index contributed by atoms with van der Waals surface area (Å²) in [6, 6.07) is 3.75. The summed E-state index contributed by atoms with van der Waals surface area (Å²) in [5.41, 5.74) is 1.04. The second kappa shape index (κ2) is 2.80. The highest BCUT2D eigenvalue weighted by Crippen LogP contribution is 2.24. The van der Waals surface area contributed by atoms with Gasteiger partial charge in [-0.25, -0.2) is 0 Å². The zero-order valence-corrected chi connectivity index (χ0v) is 6.80. The van der Waals surface area contributed by atoms with Gasteiger partial charge in [-0.3, -0.25) is 4.98 Å². The standard InChI is InChI=1S/C8H9ClN2/c9-7-2-1-3-11-8(7)6-4-10-5-6/h1-3,6,10H,4-5H2. The topological polar surface area (TPSA) is 24.9 Å². The van der Waals surface area contributed by atoms with Gasteiger partial charge in [-0.15, -0.1) is 0 Å². The largest absolute Gasteiger partial charge is 0.315 e. The van der Waals surface area contributed by atoms with Gasteiger partial charge in [0, 0.05) is 25.2 Å². The molecule has 1 aromatic heterocycles. The van der Waals surface area contributed by atoms with Crippen molar-refractivity contribution in [1.82, 2.24) is 10.3 Å². The first-order valence-corrected chi connectivity index (χ1v) is 4.07. The Morgan fingerprint density at radius 1 is 1.55 bits per heavy atom. The van der Waals surface area contributed by atoms with Gasteiger partial charge in [-0.1, -0.05) is 11.6 Å². The van der Waals surface area contributed by atoms with Crippen LogP contribution in [-0.2, 0) is 0 Å². The molecule has 0 radical (unpaired) electrons. The maximum Gasteiger partial charge on any atom is 0.0645 e. The van der Waals surface area contributed by atoms with Gasteiger partial charge in [0.25, 0.3) is 0 Å². The molecule has 58 valence electrons. The van der Waals surface area contributed by atoms with E-state index in [1.54, 1.807) is 6.20 Å². The molecule has 1 fully saturated rings. The van der Waals surface area contributed by atoms with E-state index < -0.39 is 0 Å². The van der Waals surface area contributed by atoms with E-state index in [0.29, 0.717) is 5.92 Å². The minimum absolute atomic E-state index is 0.531. The third-order valence-electron chi connectivity index (χ3n) is 1.96. The molecule has 0 saturated carbocycles. The lowest BCUT2D eigenvalue weighted by molar-refractivity contribution is 0.440. The molecule has 2 rings (SSSR count). The van der Waals surface area contributed by atoms with E-state index >= 15 is 0 Å². The van der Waals surface area contributed by atoms with E-state index in [0.717, 1.165) is 23.8 Å². The van der Waals surface area contributed by atoms with Gasteiger partial charge in [0.15, 0.2) is 0 Å². The Morgan fingerprint density at radius 3 is 2.91 bits per heavy atom. The number of nitrogens with one attached hydrogen (secondary N) is 1. The van der Waals surface area contributed by atoms with Gasteiger partial charge in [0.2, 0.25) is 0 Å². The highest BCUT2D eigenvalue weighted by atomic mass is 35.5. The van der Waals surface area contributed by atoms with Crippen molar-refractivity contribution in [3.05, 3.63) is 29.0 Å². The molecule has 11 heavy (non-hydrogen) atoms. The quantitative estimate of drug-likeness (QED) is 0.686. The summed E-state index contributed by atoms with van der Waals surface area (Å²) in [5.74, 6) is 0.531. The average Bonchev–Trinajstić information content (AvgIpc) is 1.90. The van der Waals surface area contributed by atoms with E-state index in [4.69, 9.17) is 11.6 Å². The highest BCUT2D eigenvalue weighted by Gasteiger charge is 2.21. The number of aromatic nitrogens is 1. The van der Waals surface area contributed by atoms with Crippen molar-refractivity contribution in [3.8, 4) is 0 Å². The van der Waals surface area contributed by atoms with Crippen LogP contribution in [-0.4, -0.2) is 18.1 Å². The van der Waals surface area contributed by atoms with Crippen molar-refractivity contribution < 1.29 is 0 Å². The molecule has 0 spiro atoms. The lowest BCUT2D eigenvalue weighted by Gasteiger charge is -2.26. The van der Waals surface area contributed by atoms with E-state index in [9.17, 15) is 0 Å². The summed E-state index contributed by atoms with van der Waals surface area (Å²) >= 11 is 5.94. The van der Waals surface area contributed by atoms with Crippen LogP contribution in [0.4, 0.5) is 0 Å². The van der Waals surface area contributed by atoms with Crippen LogP contribution >= 0.6 is 11.6 Å². The van der Waals surface area contributed by atoms with E-state index in [2.05, 4.69) is 10.3 Å². The Hall–Kier alpha value is -0.600. The smallest absolute Gasteiger partial charge is 0.0645 e. The lowest BCUT2D eigenvalue weighted by Crippen LogP contribution is -2.40. The second-order valence-electron chi connectivity index (χ2n) is 2.73. The third-order valence-corrected chi connectivity index (χ3v) is 2.27. The molecule has 2 nitrogen and oxygen atoms in total. The number of hydrogen-bond acceptors (Lipinski definition) is 2. The number of hydrogen-bond donors (Lipinski definition) is 1. The van der Waals surface area contributed by atoms with Crippen LogP contribution in [0.25, 0.3) is 0 Å². The van der Waals surface area contributed by atoms with E-state index in [1.165, 1.54) is 0 Å². The van der Waals surface area contributed by atoms with Gasteiger partial charge in [-0.05, 0) is 12.1 Å². The van der Waals surface area contributed by atoms with Crippen LogP contribution in [0.3, 0.4) is 0 Å². The van der Waals surface area contributed by atoms with Gasteiger partial charge >= 0.3 is 0 Å². The predicted octanol–water partition coefficient (Wildman–Crippen LogP) is 1.42. The van der Waals surface area contributed by atoms with Crippen molar-refractivity contribution >= 4 is 11.6 Å². The molecule has 1 aliphatic heterocycles.